The number of hydrogen-bond acceptors (Lipinski definition) is 12. The highest BCUT2D eigenvalue weighted by Gasteiger charge is 2.35. The lowest BCUT2D eigenvalue weighted by Crippen LogP contribution is -2.49. The number of likely N-dealkylation sites (tertiary alicyclic amines) is 1. The van der Waals surface area contributed by atoms with Crippen LogP contribution in [0, 0.1) is 5.92 Å². The van der Waals surface area contributed by atoms with Crippen molar-refractivity contribution in [2.45, 2.75) is 69.4 Å². The van der Waals surface area contributed by atoms with Gasteiger partial charge in [-0.2, -0.15) is 5.10 Å². The summed E-state index contributed by atoms with van der Waals surface area (Å²) in [5.74, 6) is 0.562. The minimum Gasteiger partial charge on any atom is -0.370 e. The van der Waals surface area contributed by atoms with E-state index in [1.807, 2.05) is 24.1 Å². The normalized spacial score (nSPS) is 22.9. The number of rotatable bonds is 10. The molecule has 5 amide bonds. The second-order valence-corrected chi connectivity index (χ2v) is 16.1. The fourth-order valence-electron chi connectivity index (χ4n) is 9.12. The molecule has 2 atom stereocenters. The molecule has 0 radical (unpaired) electrons. The predicted molar refractivity (Wildman–Crippen MR) is 214 cm³/mol. The maximum Gasteiger partial charge on any atom is 0.320 e. The Balaban J connectivity index is 0.813. The lowest BCUT2D eigenvalue weighted by molar-refractivity contribution is -0.136. The zero-order valence-electron chi connectivity index (χ0n) is 32.5. The topological polar surface area (TPSA) is 195 Å². The highest BCUT2D eigenvalue weighted by molar-refractivity contribution is 5.99. The molecule has 1 unspecified atom stereocenters. The average molecular weight is 781 g/mol. The number of carbonyl (C=O) groups excluding carboxylic acids is 4. The maximum absolute atomic E-state index is 12.9. The summed E-state index contributed by atoms with van der Waals surface area (Å²) >= 11 is 0. The summed E-state index contributed by atoms with van der Waals surface area (Å²) in [6, 6.07) is 9.31. The number of likely N-dealkylation sites (N-methyl/N-ethyl adjacent to an activating group) is 1. The molecule has 0 spiro atoms. The molecule has 5 aliphatic rings. The van der Waals surface area contributed by atoms with Crippen LogP contribution in [0.25, 0.3) is 0 Å². The number of primary amides is 1. The summed E-state index contributed by atoms with van der Waals surface area (Å²) in [5.41, 5.74) is 8.32. The summed E-state index contributed by atoms with van der Waals surface area (Å²) in [6.45, 7) is 7.74. The van der Waals surface area contributed by atoms with Gasteiger partial charge in [-0.1, -0.05) is 12.1 Å². The van der Waals surface area contributed by atoms with Crippen molar-refractivity contribution in [3.8, 4) is 0 Å². The minimum atomic E-state index is -0.755. The van der Waals surface area contributed by atoms with Crippen molar-refractivity contribution >= 4 is 46.8 Å². The molecule has 4 N–H and O–H groups in total. The quantitative estimate of drug-likeness (QED) is 0.255. The number of anilines is 4. The molecular formula is C40H52N12O5. The molecule has 57 heavy (non-hydrogen) atoms. The molecule has 8 rings (SSSR count). The van der Waals surface area contributed by atoms with Gasteiger partial charge < -0.3 is 35.6 Å². The number of amides is 5. The number of aromatic nitrogens is 4. The molecule has 1 aromatic carbocycles. The van der Waals surface area contributed by atoms with Crippen LogP contribution in [0.5, 0.6) is 0 Å². The van der Waals surface area contributed by atoms with Gasteiger partial charge in [0.15, 0.2) is 11.5 Å². The molecule has 2 aromatic heterocycles. The van der Waals surface area contributed by atoms with Crippen molar-refractivity contribution in [2.75, 3.05) is 81.1 Å². The number of imide groups is 1. The van der Waals surface area contributed by atoms with Gasteiger partial charge in [-0.3, -0.25) is 24.5 Å². The summed E-state index contributed by atoms with van der Waals surface area (Å²) in [7, 11) is 1.83. The molecule has 5 fully saturated rings. The van der Waals surface area contributed by atoms with Crippen molar-refractivity contribution < 1.29 is 19.2 Å². The van der Waals surface area contributed by atoms with Crippen LogP contribution >= 0.6 is 0 Å². The number of carbonyl (C=O) groups is 4. The van der Waals surface area contributed by atoms with Crippen LogP contribution in [0.2, 0.25) is 0 Å². The Morgan fingerprint density at radius 3 is 2.35 bits per heavy atom. The monoisotopic (exact) mass is 780 g/mol. The third-order valence-electron chi connectivity index (χ3n) is 12.4. The van der Waals surface area contributed by atoms with Crippen LogP contribution in [-0.4, -0.2) is 130 Å². The van der Waals surface area contributed by atoms with Crippen LogP contribution in [0.4, 0.5) is 27.8 Å². The van der Waals surface area contributed by atoms with E-state index in [0.717, 1.165) is 102 Å². The highest BCUT2D eigenvalue weighted by Crippen LogP contribution is 2.32. The smallest absolute Gasteiger partial charge is 0.320 e. The van der Waals surface area contributed by atoms with Crippen molar-refractivity contribution in [1.29, 1.82) is 0 Å². The second-order valence-electron chi connectivity index (χ2n) is 16.1. The van der Waals surface area contributed by atoms with Gasteiger partial charge in [-0.25, -0.2) is 19.4 Å². The van der Waals surface area contributed by atoms with Crippen molar-refractivity contribution in [3.63, 3.8) is 0 Å². The van der Waals surface area contributed by atoms with Gasteiger partial charge >= 0.3 is 6.03 Å². The molecule has 0 bridgehead atoms. The summed E-state index contributed by atoms with van der Waals surface area (Å²) in [6.07, 6.45) is 9.82. The lowest BCUT2D eigenvalue weighted by atomic mass is 9.88. The first-order chi connectivity index (χ1) is 27.6. The minimum absolute atomic E-state index is 0.0658. The lowest BCUT2D eigenvalue weighted by Gasteiger charge is -2.38. The van der Waals surface area contributed by atoms with Gasteiger partial charge in [-0.15, -0.1) is 0 Å². The zero-order valence-corrected chi connectivity index (χ0v) is 32.5. The number of nitrogens with one attached hydrogen (secondary N) is 2. The van der Waals surface area contributed by atoms with Crippen molar-refractivity contribution in [3.05, 3.63) is 64.3 Å². The van der Waals surface area contributed by atoms with E-state index in [1.165, 1.54) is 10.2 Å². The number of urea groups is 1. The van der Waals surface area contributed by atoms with Crippen LogP contribution in [0.1, 0.15) is 79.4 Å². The summed E-state index contributed by atoms with van der Waals surface area (Å²) < 4.78 is 1.19. The van der Waals surface area contributed by atoms with E-state index in [9.17, 15) is 24.0 Å². The van der Waals surface area contributed by atoms with Crippen molar-refractivity contribution in [2.24, 2.45) is 11.7 Å². The standard InChI is InChI=1S/C40H52N12O5/c1-47-19-20-51(40(47)57)30-3-2-14-50(25-30)33-23-42-36(37(41)55)38(45-33)44-29-6-4-27(5-7-29)28-12-15-48(16-13-28)24-26-10-17-49(18-11-26)31-21-35(54)52(43-22-31)32-8-9-34(53)46-39(32)56/h4-7,21-23,26,28,30,32H,2-3,8-20,24-25H2,1H3,(H2,41,55)(H,44,45)(H,46,53,56)/t30-,32?/m1/s1. The maximum atomic E-state index is 12.9. The molecule has 3 aromatic rings. The van der Waals surface area contributed by atoms with Crippen LogP contribution in [-0.2, 0) is 9.59 Å². The molecule has 0 aliphatic carbocycles. The Hall–Kier alpha value is -5.58. The van der Waals surface area contributed by atoms with E-state index in [-0.39, 0.29) is 42.1 Å². The number of nitrogens with zero attached hydrogens (tertiary/aromatic N) is 9. The van der Waals surface area contributed by atoms with E-state index in [4.69, 9.17) is 10.7 Å². The summed E-state index contributed by atoms with van der Waals surface area (Å²) in [4.78, 5) is 81.5. The Morgan fingerprint density at radius 1 is 0.895 bits per heavy atom. The molecule has 5 aliphatic heterocycles. The first-order valence-corrected chi connectivity index (χ1v) is 20.3. The molecule has 0 saturated carbocycles. The molecule has 7 heterocycles. The largest absolute Gasteiger partial charge is 0.370 e. The van der Waals surface area contributed by atoms with Gasteiger partial charge in [0.1, 0.15) is 11.9 Å². The number of hydrogen-bond donors (Lipinski definition) is 3. The zero-order chi connectivity index (χ0) is 39.6. The number of piperidine rings is 4. The van der Waals surface area contributed by atoms with Gasteiger partial charge in [-0.05, 0) is 87.6 Å². The van der Waals surface area contributed by atoms with E-state index in [1.54, 1.807) is 23.4 Å². The third kappa shape index (κ3) is 8.43. The number of benzene rings is 1. The van der Waals surface area contributed by atoms with Gasteiger partial charge in [0.2, 0.25) is 5.91 Å². The first-order valence-electron chi connectivity index (χ1n) is 20.3. The first kappa shape index (κ1) is 38.3. The van der Waals surface area contributed by atoms with E-state index in [0.29, 0.717) is 30.0 Å². The molecular weight excluding hydrogens is 729 g/mol. The Labute approximate surface area is 331 Å². The fourth-order valence-corrected chi connectivity index (χ4v) is 9.12. The second kappa shape index (κ2) is 16.5. The van der Waals surface area contributed by atoms with Crippen LogP contribution < -0.4 is 31.7 Å². The van der Waals surface area contributed by atoms with E-state index < -0.39 is 17.9 Å². The SMILES string of the molecule is CN1CCN([C@@H]2CCCN(c3cnc(C(N)=O)c(Nc4ccc(C5CCN(CC6CCN(c7cnn(C8CCC(=O)NC8=O)c(=O)c7)CC6)CC5)cc4)n3)C2)C1=O. The van der Waals surface area contributed by atoms with Gasteiger partial charge in [0.05, 0.1) is 24.1 Å². The molecule has 302 valence electrons. The summed E-state index contributed by atoms with van der Waals surface area (Å²) in [5, 5.41) is 9.91. The molecule has 17 heteroatoms. The number of nitrogens with two attached hydrogens (primary N) is 1. The molecule has 17 nitrogen and oxygen atoms in total. The van der Waals surface area contributed by atoms with Crippen molar-refractivity contribution in [1.82, 2.24) is 39.8 Å². The van der Waals surface area contributed by atoms with Gasteiger partial charge in [0.25, 0.3) is 17.4 Å². The average Bonchev–Trinajstić information content (AvgIpc) is 3.56. The fraction of sp³-hybridized carbons (Fsp3) is 0.550. The Morgan fingerprint density at radius 2 is 1.67 bits per heavy atom. The third-order valence-corrected chi connectivity index (χ3v) is 12.4. The molecule has 5 saturated heterocycles. The van der Waals surface area contributed by atoms with E-state index in [2.05, 4.69) is 47.5 Å². The highest BCUT2D eigenvalue weighted by atomic mass is 16.2. The predicted octanol–water partition coefficient (Wildman–Crippen LogP) is 2.29. The van der Waals surface area contributed by atoms with E-state index >= 15 is 0 Å². The van der Waals surface area contributed by atoms with Gasteiger partial charge in [0, 0.05) is 71.0 Å². The Bertz CT molecular complexity index is 2040. The Kier molecular flexibility index (Phi) is 11.1. The van der Waals surface area contributed by atoms with Crippen LogP contribution in [0.15, 0.2) is 47.5 Å². The van der Waals surface area contributed by atoms with Crippen LogP contribution in [0.3, 0.4) is 0 Å².